The molecule has 0 unspecified atom stereocenters. The summed E-state index contributed by atoms with van der Waals surface area (Å²) in [6.45, 7) is 9.10. The number of carbonyl (C=O) groups excluding carboxylic acids is 2. The summed E-state index contributed by atoms with van der Waals surface area (Å²) in [6, 6.07) is 0. The average molecular weight is 379 g/mol. The summed E-state index contributed by atoms with van der Waals surface area (Å²) in [6.07, 6.45) is 2.87. The van der Waals surface area contributed by atoms with E-state index in [9.17, 15) is 9.59 Å². The molecular weight excluding hydrogens is 350 g/mol. The van der Waals surface area contributed by atoms with E-state index >= 15 is 0 Å². The van der Waals surface area contributed by atoms with Crippen molar-refractivity contribution in [2.75, 3.05) is 19.8 Å². The monoisotopic (exact) mass is 379 g/mol. The number of amides is 1. The number of ether oxygens (including phenoxy) is 3. The second-order valence-electron chi connectivity index (χ2n) is 7.91. The lowest BCUT2D eigenvalue weighted by Crippen LogP contribution is -2.40. The van der Waals surface area contributed by atoms with Crippen molar-refractivity contribution < 1.29 is 23.8 Å². The van der Waals surface area contributed by atoms with Crippen LogP contribution in [0.3, 0.4) is 0 Å². The molecule has 0 saturated carbocycles. The number of fused-ring (bicyclic) bond motifs is 1. The number of rotatable bonds is 3. The highest BCUT2D eigenvalue weighted by molar-refractivity contribution is 5.89. The van der Waals surface area contributed by atoms with Gasteiger partial charge in [-0.3, -0.25) is 0 Å². The largest absolute Gasteiger partial charge is 0.461 e. The van der Waals surface area contributed by atoms with Crippen LogP contribution in [0.25, 0.3) is 0 Å². The molecule has 3 heterocycles. The predicted molar refractivity (Wildman–Crippen MR) is 97.4 cm³/mol. The molecule has 1 fully saturated rings. The maximum Gasteiger partial charge on any atom is 0.410 e. The van der Waals surface area contributed by atoms with Gasteiger partial charge in [-0.1, -0.05) is 0 Å². The Morgan fingerprint density at radius 1 is 1.30 bits per heavy atom. The van der Waals surface area contributed by atoms with E-state index in [1.165, 1.54) is 0 Å². The maximum atomic E-state index is 12.5. The van der Waals surface area contributed by atoms with Gasteiger partial charge in [0.25, 0.3) is 0 Å². The molecule has 3 rings (SSSR count). The summed E-state index contributed by atoms with van der Waals surface area (Å²) in [7, 11) is 0. The van der Waals surface area contributed by atoms with E-state index in [4.69, 9.17) is 14.2 Å². The van der Waals surface area contributed by atoms with Gasteiger partial charge < -0.3 is 19.1 Å². The topological polar surface area (TPSA) is 82.9 Å². The van der Waals surface area contributed by atoms with Crippen molar-refractivity contribution in [3.05, 3.63) is 17.0 Å². The molecule has 2 aliphatic rings. The molecule has 0 bridgehead atoms. The molecule has 1 saturated heterocycles. The lowest BCUT2D eigenvalue weighted by molar-refractivity contribution is -0.0430. The Kier molecular flexibility index (Phi) is 5.74. The first kappa shape index (κ1) is 19.7. The number of nitrogens with zero attached hydrogens (tertiary/aromatic N) is 3. The van der Waals surface area contributed by atoms with E-state index < -0.39 is 11.6 Å². The molecule has 0 N–H and O–H groups in total. The Bertz CT molecular complexity index is 701. The van der Waals surface area contributed by atoms with Gasteiger partial charge in [-0.05, 0) is 53.4 Å². The standard InChI is InChI=1S/C19H29N3O5/c1-5-25-17(23)16-13-9-10-21(18(24)27-19(2,3)4)12-14(13)22(20-16)15-8-6-7-11-26-15/h15H,5-12H2,1-4H3/t15-/m1/s1. The fourth-order valence-electron chi connectivity index (χ4n) is 3.44. The van der Waals surface area contributed by atoms with Crippen molar-refractivity contribution >= 4 is 12.1 Å². The minimum absolute atomic E-state index is 0.214. The van der Waals surface area contributed by atoms with Crippen LogP contribution in [0.2, 0.25) is 0 Å². The van der Waals surface area contributed by atoms with Gasteiger partial charge in [0.15, 0.2) is 11.9 Å². The van der Waals surface area contributed by atoms with Gasteiger partial charge in [0.1, 0.15) is 5.60 Å². The highest BCUT2D eigenvalue weighted by Crippen LogP contribution is 2.30. The first-order valence-corrected chi connectivity index (χ1v) is 9.67. The zero-order valence-corrected chi connectivity index (χ0v) is 16.6. The summed E-state index contributed by atoms with van der Waals surface area (Å²) in [5.41, 5.74) is 1.47. The Morgan fingerprint density at radius 3 is 2.70 bits per heavy atom. The van der Waals surface area contributed by atoms with Crippen molar-refractivity contribution in [1.82, 2.24) is 14.7 Å². The van der Waals surface area contributed by atoms with E-state index in [2.05, 4.69) is 5.10 Å². The van der Waals surface area contributed by atoms with Crippen LogP contribution in [0.15, 0.2) is 0 Å². The fraction of sp³-hybridized carbons (Fsp3) is 0.737. The first-order chi connectivity index (χ1) is 12.8. The molecule has 8 nitrogen and oxygen atoms in total. The Balaban J connectivity index is 1.89. The molecule has 1 amide bonds. The molecule has 150 valence electrons. The second kappa shape index (κ2) is 7.88. The Labute approximate surface area is 159 Å². The highest BCUT2D eigenvalue weighted by Gasteiger charge is 2.34. The Morgan fingerprint density at radius 2 is 2.07 bits per heavy atom. The van der Waals surface area contributed by atoms with Gasteiger partial charge in [-0.2, -0.15) is 5.10 Å². The van der Waals surface area contributed by atoms with Crippen LogP contribution in [-0.2, 0) is 27.2 Å². The van der Waals surface area contributed by atoms with E-state index in [0.717, 1.165) is 30.5 Å². The van der Waals surface area contributed by atoms with Crippen molar-refractivity contribution in [3.63, 3.8) is 0 Å². The molecule has 8 heteroatoms. The molecule has 0 aromatic carbocycles. The first-order valence-electron chi connectivity index (χ1n) is 9.67. The SMILES string of the molecule is CCOC(=O)c1nn([C@H]2CCCCO2)c2c1CCN(C(=O)OC(C)(C)C)C2. The van der Waals surface area contributed by atoms with Crippen LogP contribution in [0.1, 0.15) is 74.9 Å². The molecule has 2 aliphatic heterocycles. The maximum absolute atomic E-state index is 12.5. The van der Waals surface area contributed by atoms with Crippen LogP contribution >= 0.6 is 0 Å². The fourth-order valence-corrected chi connectivity index (χ4v) is 3.44. The van der Waals surface area contributed by atoms with Crippen LogP contribution in [0.4, 0.5) is 4.79 Å². The smallest absolute Gasteiger partial charge is 0.410 e. The minimum Gasteiger partial charge on any atom is -0.461 e. The number of esters is 1. The lowest BCUT2D eigenvalue weighted by Gasteiger charge is -2.32. The van der Waals surface area contributed by atoms with Crippen molar-refractivity contribution in [1.29, 1.82) is 0 Å². The summed E-state index contributed by atoms with van der Waals surface area (Å²) < 4.78 is 18.3. The quantitative estimate of drug-likeness (QED) is 0.751. The second-order valence-corrected chi connectivity index (χ2v) is 7.91. The molecular formula is C19H29N3O5. The molecule has 1 aromatic rings. The lowest BCUT2D eigenvalue weighted by atomic mass is 10.0. The number of hydrogen-bond acceptors (Lipinski definition) is 6. The number of hydrogen-bond donors (Lipinski definition) is 0. The highest BCUT2D eigenvalue weighted by atomic mass is 16.6. The minimum atomic E-state index is -0.555. The molecule has 1 aromatic heterocycles. The van der Waals surface area contributed by atoms with Crippen LogP contribution in [-0.4, -0.2) is 52.1 Å². The van der Waals surface area contributed by atoms with E-state index in [1.54, 1.807) is 16.5 Å². The van der Waals surface area contributed by atoms with Gasteiger partial charge in [0.05, 0.1) is 18.8 Å². The van der Waals surface area contributed by atoms with E-state index in [0.29, 0.717) is 38.4 Å². The van der Waals surface area contributed by atoms with Gasteiger partial charge >= 0.3 is 12.1 Å². The third kappa shape index (κ3) is 4.43. The number of aromatic nitrogens is 2. The van der Waals surface area contributed by atoms with Gasteiger partial charge in [-0.15, -0.1) is 0 Å². The molecule has 0 spiro atoms. The van der Waals surface area contributed by atoms with Crippen molar-refractivity contribution in [2.45, 2.75) is 71.8 Å². The summed E-state index contributed by atoms with van der Waals surface area (Å²) in [5, 5.41) is 4.54. The molecule has 0 aliphatic carbocycles. The molecule has 0 radical (unpaired) electrons. The normalized spacial score (nSPS) is 20.1. The average Bonchev–Trinajstić information content (AvgIpc) is 3.00. The summed E-state index contributed by atoms with van der Waals surface area (Å²) >= 11 is 0. The summed E-state index contributed by atoms with van der Waals surface area (Å²) in [4.78, 5) is 26.5. The van der Waals surface area contributed by atoms with E-state index in [1.807, 2.05) is 20.8 Å². The zero-order chi connectivity index (χ0) is 19.6. The third-order valence-electron chi connectivity index (χ3n) is 4.64. The van der Waals surface area contributed by atoms with Crippen LogP contribution < -0.4 is 0 Å². The molecule has 27 heavy (non-hydrogen) atoms. The molecule has 1 atom stereocenters. The van der Waals surface area contributed by atoms with E-state index in [-0.39, 0.29) is 12.3 Å². The van der Waals surface area contributed by atoms with Gasteiger partial charge in [0, 0.05) is 18.7 Å². The Hall–Kier alpha value is -2.09. The summed E-state index contributed by atoms with van der Waals surface area (Å²) in [5.74, 6) is -0.422. The predicted octanol–water partition coefficient (Wildman–Crippen LogP) is 3.05. The zero-order valence-electron chi connectivity index (χ0n) is 16.6. The van der Waals surface area contributed by atoms with Crippen LogP contribution in [0, 0.1) is 0 Å². The third-order valence-corrected chi connectivity index (χ3v) is 4.64. The number of carbonyl (C=O) groups is 2. The van der Waals surface area contributed by atoms with Gasteiger partial charge in [0.2, 0.25) is 0 Å². The van der Waals surface area contributed by atoms with Gasteiger partial charge in [-0.25, -0.2) is 14.3 Å². The van der Waals surface area contributed by atoms with Crippen molar-refractivity contribution in [2.24, 2.45) is 0 Å². The van der Waals surface area contributed by atoms with Crippen LogP contribution in [0.5, 0.6) is 0 Å². The van der Waals surface area contributed by atoms with Crippen molar-refractivity contribution in [3.8, 4) is 0 Å².